The molecule has 0 fully saturated rings. The van der Waals surface area contributed by atoms with Gasteiger partial charge in [-0.15, -0.1) is 0 Å². The van der Waals surface area contributed by atoms with Crippen molar-refractivity contribution in [2.45, 2.75) is 45.4 Å². The average molecular weight is 350 g/mol. The lowest BCUT2D eigenvalue weighted by Gasteiger charge is -2.21. The first-order valence-electron chi connectivity index (χ1n) is 8.21. The van der Waals surface area contributed by atoms with Crippen LogP contribution in [0.5, 0.6) is 0 Å². The minimum atomic E-state index is -4.51. The van der Waals surface area contributed by atoms with E-state index in [-0.39, 0.29) is 11.1 Å². The van der Waals surface area contributed by atoms with Gasteiger partial charge in [0.05, 0.1) is 11.1 Å². The molecule has 0 radical (unpaired) electrons. The lowest BCUT2D eigenvalue weighted by Crippen LogP contribution is -2.18. The molecule has 25 heavy (non-hydrogen) atoms. The fraction of sp³-hybridized carbons (Fsp3) is 0.350. The number of ether oxygens (including phenoxy) is 1. The molecule has 0 saturated heterocycles. The zero-order valence-electron chi connectivity index (χ0n) is 14.4. The number of esters is 1. The highest BCUT2D eigenvalue weighted by Crippen LogP contribution is 2.38. The number of benzene rings is 2. The summed E-state index contributed by atoms with van der Waals surface area (Å²) >= 11 is 0. The van der Waals surface area contributed by atoms with Crippen LogP contribution in [0.25, 0.3) is 0 Å². The van der Waals surface area contributed by atoms with Gasteiger partial charge < -0.3 is 4.74 Å². The van der Waals surface area contributed by atoms with Crippen molar-refractivity contribution in [3.8, 4) is 0 Å². The standard InChI is InChI=1S/C20H21F3O2/c1-4-13(2)18-16(11-8-12-17(18)20(21,22)23)19(24)25-14(3)15-9-6-5-7-10-15/h5-14H,4H2,1-3H3. The molecule has 2 aromatic rings. The molecule has 2 rings (SSSR count). The highest BCUT2D eigenvalue weighted by molar-refractivity contribution is 5.92. The predicted molar refractivity (Wildman–Crippen MR) is 90.4 cm³/mol. The van der Waals surface area contributed by atoms with Crippen molar-refractivity contribution in [3.63, 3.8) is 0 Å². The minimum Gasteiger partial charge on any atom is -0.454 e. The molecule has 2 aromatic carbocycles. The number of carbonyl (C=O) groups excluding carboxylic acids is 1. The van der Waals surface area contributed by atoms with E-state index < -0.39 is 29.7 Å². The fourth-order valence-electron chi connectivity index (χ4n) is 2.74. The molecule has 2 atom stereocenters. The maximum absolute atomic E-state index is 13.4. The molecule has 134 valence electrons. The summed E-state index contributed by atoms with van der Waals surface area (Å²) in [6.45, 7) is 5.17. The maximum atomic E-state index is 13.4. The van der Waals surface area contributed by atoms with E-state index >= 15 is 0 Å². The molecule has 0 aliphatic rings. The Hall–Kier alpha value is -2.30. The van der Waals surface area contributed by atoms with E-state index in [1.54, 1.807) is 32.9 Å². The molecule has 0 N–H and O–H groups in total. The quantitative estimate of drug-likeness (QED) is 0.606. The molecule has 0 bridgehead atoms. The Morgan fingerprint density at radius 2 is 1.68 bits per heavy atom. The van der Waals surface area contributed by atoms with Gasteiger partial charge >= 0.3 is 12.1 Å². The van der Waals surface area contributed by atoms with Crippen LogP contribution < -0.4 is 0 Å². The number of hydrogen-bond acceptors (Lipinski definition) is 2. The Bertz CT molecular complexity index is 723. The molecule has 0 heterocycles. The second-order valence-electron chi connectivity index (χ2n) is 6.03. The number of alkyl halides is 3. The Labute approximate surface area is 145 Å². The molecule has 2 nitrogen and oxygen atoms in total. The fourth-order valence-corrected chi connectivity index (χ4v) is 2.74. The second-order valence-corrected chi connectivity index (χ2v) is 6.03. The third kappa shape index (κ3) is 4.41. The molecule has 0 aromatic heterocycles. The topological polar surface area (TPSA) is 26.3 Å². The summed E-state index contributed by atoms with van der Waals surface area (Å²) in [7, 11) is 0. The van der Waals surface area contributed by atoms with Crippen LogP contribution in [0.3, 0.4) is 0 Å². The van der Waals surface area contributed by atoms with Gasteiger partial charge in [0.1, 0.15) is 6.10 Å². The van der Waals surface area contributed by atoms with Gasteiger partial charge in [-0.2, -0.15) is 13.2 Å². The van der Waals surface area contributed by atoms with E-state index in [2.05, 4.69) is 0 Å². The number of carbonyl (C=O) groups is 1. The van der Waals surface area contributed by atoms with Crippen LogP contribution in [0, 0.1) is 0 Å². The van der Waals surface area contributed by atoms with Crippen LogP contribution in [-0.4, -0.2) is 5.97 Å². The van der Waals surface area contributed by atoms with Crippen molar-refractivity contribution in [1.29, 1.82) is 0 Å². The summed E-state index contributed by atoms with van der Waals surface area (Å²) in [5.74, 6) is -1.15. The van der Waals surface area contributed by atoms with Crippen LogP contribution in [0.4, 0.5) is 13.2 Å². The van der Waals surface area contributed by atoms with Crippen molar-refractivity contribution in [1.82, 2.24) is 0 Å². The van der Waals surface area contributed by atoms with E-state index in [0.29, 0.717) is 6.42 Å². The number of hydrogen-bond donors (Lipinski definition) is 0. The molecular weight excluding hydrogens is 329 g/mol. The van der Waals surface area contributed by atoms with Gasteiger partial charge in [-0.3, -0.25) is 0 Å². The van der Waals surface area contributed by atoms with Crippen molar-refractivity contribution in [3.05, 3.63) is 70.8 Å². The summed E-state index contributed by atoms with van der Waals surface area (Å²) in [5, 5.41) is 0. The predicted octanol–water partition coefficient (Wildman–Crippen LogP) is 6.14. The first-order chi connectivity index (χ1) is 11.8. The van der Waals surface area contributed by atoms with E-state index in [4.69, 9.17) is 4.74 Å². The summed E-state index contributed by atoms with van der Waals surface area (Å²) in [4.78, 5) is 12.6. The lowest BCUT2D eigenvalue weighted by atomic mass is 9.89. The number of halogens is 3. The maximum Gasteiger partial charge on any atom is 0.416 e. The first kappa shape index (κ1) is 19.0. The highest BCUT2D eigenvalue weighted by atomic mass is 19.4. The van der Waals surface area contributed by atoms with Crippen LogP contribution in [-0.2, 0) is 10.9 Å². The van der Waals surface area contributed by atoms with Crippen LogP contribution >= 0.6 is 0 Å². The average Bonchev–Trinajstić information content (AvgIpc) is 2.60. The SMILES string of the molecule is CCC(C)c1c(C(=O)OC(C)c2ccccc2)cccc1C(F)(F)F. The molecular formula is C20H21F3O2. The smallest absolute Gasteiger partial charge is 0.416 e. The van der Waals surface area contributed by atoms with Crippen molar-refractivity contribution < 1.29 is 22.7 Å². The van der Waals surface area contributed by atoms with E-state index in [1.165, 1.54) is 12.1 Å². The molecule has 0 saturated carbocycles. The van der Waals surface area contributed by atoms with E-state index in [1.807, 2.05) is 18.2 Å². The van der Waals surface area contributed by atoms with Crippen molar-refractivity contribution in [2.24, 2.45) is 0 Å². The largest absolute Gasteiger partial charge is 0.454 e. The van der Waals surface area contributed by atoms with Gasteiger partial charge in [0.15, 0.2) is 0 Å². The molecule has 0 spiro atoms. The van der Waals surface area contributed by atoms with Crippen molar-refractivity contribution >= 4 is 5.97 Å². The monoisotopic (exact) mass is 350 g/mol. The van der Waals surface area contributed by atoms with Crippen LogP contribution in [0.2, 0.25) is 0 Å². The summed E-state index contributed by atoms with van der Waals surface area (Å²) < 4.78 is 45.5. The lowest BCUT2D eigenvalue weighted by molar-refractivity contribution is -0.138. The van der Waals surface area contributed by atoms with E-state index in [9.17, 15) is 18.0 Å². The second kappa shape index (κ2) is 7.72. The molecule has 0 amide bonds. The van der Waals surface area contributed by atoms with Gasteiger partial charge in [0, 0.05) is 0 Å². The molecule has 5 heteroatoms. The third-order valence-corrected chi connectivity index (χ3v) is 4.29. The Balaban J connectivity index is 2.39. The zero-order chi connectivity index (χ0) is 18.6. The van der Waals surface area contributed by atoms with Gasteiger partial charge in [-0.05, 0) is 42.5 Å². The van der Waals surface area contributed by atoms with Gasteiger partial charge in [-0.1, -0.05) is 50.2 Å². The Morgan fingerprint density at radius 1 is 1.04 bits per heavy atom. The molecule has 0 aliphatic carbocycles. The zero-order valence-corrected chi connectivity index (χ0v) is 14.4. The Kier molecular flexibility index (Phi) is 5.88. The van der Waals surface area contributed by atoms with Gasteiger partial charge in [0.2, 0.25) is 0 Å². The number of rotatable bonds is 5. The molecule has 2 unspecified atom stereocenters. The van der Waals surface area contributed by atoms with Gasteiger partial charge in [0.25, 0.3) is 0 Å². The first-order valence-corrected chi connectivity index (χ1v) is 8.21. The summed E-state index contributed by atoms with van der Waals surface area (Å²) in [6, 6.07) is 12.7. The normalized spacial score (nSPS) is 14.0. The summed E-state index contributed by atoms with van der Waals surface area (Å²) in [5.41, 5.74) is -0.00806. The van der Waals surface area contributed by atoms with E-state index in [0.717, 1.165) is 11.6 Å². The van der Waals surface area contributed by atoms with Crippen molar-refractivity contribution in [2.75, 3.05) is 0 Å². The van der Waals surface area contributed by atoms with Crippen LogP contribution in [0.1, 0.15) is 66.3 Å². The highest BCUT2D eigenvalue weighted by Gasteiger charge is 2.36. The minimum absolute atomic E-state index is 0.00256. The molecule has 0 aliphatic heterocycles. The Morgan fingerprint density at radius 3 is 2.24 bits per heavy atom. The third-order valence-electron chi connectivity index (χ3n) is 4.29. The summed E-state index contributed by atoms with van der Waals surface area (Å²) in [6.07, 6.45) is -4.57. The van der Waals surface area contributed by atoms with Crippen LogP contribution in [0.15, 0.2) is 48.5 Å². The van der Waals surface area contributed by atoms with Gasteiger partial charge in [-0.25, -0.2) is 4.79 Å².